The first kappa shape index (κ1) is 24.3. The lowest BCUT2D eigenvalue weighted by atomic mass is 9.68. The van der Waals surface area contributed by atoms with E-state index >= 15 is 0 Å². The summed E-state index contributed by atoms with van der Waals surface area (Å²) in [7, 11) is 0. The lowest BCUT2D eigenvalue weighted by molar-refractivity contribution is 0.0842. The molecule has 0 radical (unpaired) electrons. The summed E-state index contributed by atoms with van der Waals surface area (Å²) in [6.07, 6.45) is 5.65. The van der Waals surface area contributed by atoms with Crippen LogP contribution >= 0.6 is 0 Å². The Balaban J connectivity index is 1.43. The van der Waals surface area contributed by atoms with Crippen molar-refractivity contribution in [3.63, 3.8) is 0 Å². The van der Waals surface area contributed by atoms with Crippen LogP contribution in [0.15, 0.2) is 30.3 Å². The van der Waals surface area contributed by atoms with E-state index in [0.717, 1.165) is 72.4 Å². The van der Waals surface area contributed by atoms with Gasteiger partial charge in [-0.15, -0.1) is 0 Å². The summed E-state index contributed by atoms with van der Waals surface area (Å²) in [5.41, 5.74) is 4.83. The highest BCUT2D eigenvalue weighted by molar-refractivity contribution is 5.94. The van der Waals surface area contributed by atoms with E-state index in [9.17, 15) is 18.7 Å². The Morgan fingerprint density at radius 3 is 2.57 bits per heavy atom. The minimum Gasteiger partial charge on any atom is -0.465 e. The smallest absolute Gasteiger partial charge is 0.412 e. The third kappa shape index (κ3) is 4.10. The van der Waals surface area contributed by atoms with Crippen LogP contribution in [0.2, 0.25) is 0 Å². The molecule has 3 aromatic rings. The molecule has 8 heteroatoms. The van der Waals surface area contributed by atoms with E-state index in [0.29, 0.717) is 17.9 Å². The summed E-state index contributed by atoms with van der Waals surface area (Å²) in [4.78, 5) is 18.7. The Morgan fingerprint density at radius 1 is 1.16 bits per heavy atom. The van der Waals surface area contributed by atoms with E-state index < -0.39 is 17.7 Å². The van der Waals surface area contributed by atoms with Crippen LogP contribution in [0.25, 0.3) is 11.0 Å². The summed E-state index contributed by atoms with van der Waals surface area (Å²) < 4.78 is 29.9. The average molecular weight is 509 g/mol. The summed E-state index contributed by atoms with van der Waals surface area (Å²) >= 11 is 0. The number of carbonyl (C=O) groups is 1. The second-order valence-corrected chi connectivity index (χ2v) is 11.5. The number of amides is 1. The quantitative estimate of drug-likeness (QED) is 0.441. The minimum atomic E-state index is -0.939. The van der Waals surface area contributed by atoms with Crippen LogP contribution in [0.1, 0.15) is 74.9 Å². The fourth-order valence-electron chi connectivity index (χ4n) is 6.86. The molecule has 1 aliphatic carbocycles. The zero-order valence-electron chi connectivity index (χ0n) is 21.4. The van der Waals surface area contributed by atoms with Crippen molar-refractivity contribution >= 4 is 22.8 Å². The van der Waals surface area contributed by atoms with Gasteiger partial charge < -0.3 is 15.0 Å². The first-order valence-electron chi connectivity index (χ1n) is 13.5. The number of anilines is 1. The third-order valence-corrected chi connectivity index (χ3v) is 9.04. The maximum absolute atomic E-state index is 13.9. The molecular weight excluding hydrogens is 474 g/mol. The van der Waals surface area contributed by atoms with E-state index in [4.69, 9.17) is 4.98 Å². The lowest BCUT2D eigenvalue weighted by Gasteiger charge is -2.48. The van der Waals surface area contributed by atoms with Crippen molar-refractivity contribution in [1.29, 1.82) is 0 Å². The molecule has 1 amide bonds. The van der Waals surface area contributed by atoms with Gasteiger partial charge in [-0.05, 0) is 87.1 Å². The summed E-state index contributed by atoms with van der Waals surface area (Å²) in [6, 6.07) is 8.33. The number of aromatic nitrogens is 2. The Hall–Kier alpha value is -3.00. The van der Waals surface area contributed by atoms with Crippen LogP contribution < -0.4 is 10.2 Å². The van der Waals surface area contributed by atoms with E-state index in [-0.39, 0.29) is 12.0 Å². The Labute approximate surface area is 215 Å². The molecule has 37 heavy (non-hydrogen) atoms. The van der Waals surface area contributed by atoms with E-state index in [1.807, 2.05) is 19.1 Å². The number of imidazole rings is 1. The zero-order valence-corrected chi connectivity index (χ0v) is 21.4. The normalized spacial score (nSPS) is 22.2. The van der Waals surface area contributed by atoms with Crippen LogP contribution in [0, 0.1) is 17.0 Å². The standard InChI is InChI=1S/C29H34F2N4O2/c1-17(13-19-4-6-22(30)23(31)14-19)27-33-26-21-5-3-18(2)34(28(36)37)24(21)7-8-25(26)35(27)20-9-11-29(12-10-20)15-32-16-29/h4,6-8,14,17-18,20,32H,3,5,9-13,15-16H2,1-2H3,(H,36,37)/t17-,18-/m0/s1. The lowest BCUT2D eigenvalue weighted by Crippen LogP contribution is -2.54. The summed E-state index contributed by atoms with van der Waals surface area (Å²) in [5.74, 6) is -0.746. The molecule has 3 heterocycles. The molecular formula is C29H34F2N4O2. The molecule has 1 spiro atoms. The molecule has 6 nitrogen and oxygen atoms in total. The fraction of sp³-hybridized carbons (Fsp3) is 0.517. The highest BCUT2D eigenvalue weighted by atomic mass is 19.2. The molecule has 2 fully saturated rings. The van der Waals surface area contributed by atoms with E-state index in [1.54, 1.807) is 6.07 Å². The monoisotopic (exact) mass is 508 g/mol. The van der Waals surface area contributed by atoms with Crippen LogP contribution in [-0.4, -0.2) is 39.9 Å². The molecule has 196 valence electrons. The van der Waals surface area contributed by atoms with E-state index in [2.05, 4.69) is 16.8 Å². The van der Waals surface area contributed by atoms with Gasteiger partial charge in [0.15, 0.2) is 11.6 Å². The second-order valence-electron chi connectivity index (χ2n) is 11.5. The van der Waals surface area contributed by atoms with Gasteiger partial charge in [-0.3, -0.25) is 4.90 Å². The van der Waals surface area contributed by atoms with Crippen LogP contribution in [0.5, 0.6) is 0 Å². The number of benzene rings is 2. The molecule has 1 saturated heterocycles. The molecule has 2 N–H and O–H groups in total. The third-order valence-electron chi connectivity index (χ3n) is 9.04. The number of nitrogens with zero attached hydrogens (tertiary/aromatic N) is 3. The Bertz CT molecular complexity index is 1360. The van der Waals surface area contributed by atoms with Gasteiger partial charge in [0.05, 0.1) is 16.7 Å². The molecule has 2 aromatic carbocycles. The minimum absolute atomic E-state index is 0.0211. The molecule has 1 saturated carbocycles. The van der Waals surface area contributed by atoms with Gasteiger partial charge in [0.25, 0.3) is 0 Å². The molecule has 2 aliphatic heterocycles. The van der Waals surface area contributed by atoms with Gasteiger partial charge in [0.1, 0.15) is 5.82 Å². The first-order valence-corrected chi connectivity index (χ1v) is 13.5. The van der Waals surface area contributed by atoms with Crippen molar-refractivity contribution < 1.29 is 18.7 Å². The predicted octanol–water partition coefficient (Wildman–Crippen LogP) is 6.18. The molecule has 6 rings (SSSR count). The topological polar surface area (TPSA) is 70.4 Å². The van der Waals surface area contributed by atoms with Crippen molar-refractivity contribution in [2.45, 2.75) is 76.8 Å². The second kappa shape index (κ2) is 9.08. The largest absolute Gasteiger partial charge is 0.465 e. The molecule has 1 aromatic heterocycles. The zero-order chi connectivity index (χ0) is 25.9. The molecule has 0 unspecified atom stereocenters. The molecule has 0 bridgehead atoms. The first-order chi connectivity index (χ1) is 17.8. The fourth-order valence-corrected chi connectivity index (χ4v) is 6.86. The van der Waals surface area contributed by atoms with Gasteiger partial charge in [-0.2, -0.15) is 0 Å². The van der Waals surface area contributed by atoms with Gasteiger partial charge in [0.2, 0.25) is 0 Å². The predicted molar refractivity (Wildman–Crippen MR) is 139 cm³/mol. The van der Waals surface area contributed by atoms with Crippen LogP contribution in [0.4, 0.5) is 19.3 Å². The number of aryl methyl sites for hydroxylation is 1. The van der Waals surface area contributed by atoms with Gasteiger partial charge in [0, 0.05) is 36.7 Å². The summed E-state index contributed by atoms with van der Waals surface area (Å²) in [5, 5.41) is 13.3. The Kier molecular flexibility index (Phi) is 5.97. The molecule has 3 aliphatic rings. The summed E-state index contributed by atoms with van der Waals surface area (Å²) in [6.45, 7) is 6.24. The average Bonchev–Trinajstić information content (AvgIpc) is 3.25. The van der Waals surface area contributed by atoms with Crippen LogP contribution in [0.3, 0.4) is 0 Å². The maximum atomic E-state index is 13.9. The highest BCUT2D eigenvalue weighted by Crippen LogP contribution is 2.46. The number of carboxylic acid groups (broad SMARTS) is 1. The maximum Gasteiger partial charge on any atom is 0.412 e. The molecule has 2 atom stereocenters. The van der Waals surface area contributed by atoms with Gasteiger partial charge in [-0.25, -0.2) is 18.6 Å². The Morgan fingerprint density at radius 2 is 1.92 bits per heavy atom. The SMILES string of the molecule is C[C@@H](Cc1ccc(F)c(F)c1)c1nc2c3c(ccc2n1C1CCC2(CC1)CNC2)N(C(=O)O)[C@@H](C)CC3. The highest BCUT2D eigenvalue weighted by Gasteiger charge is 2.41. The van der Waals surface area contributed by atoms with Crippen molar-refractivity contribution in [2.75, 3.05) is 18.0 Å². The van der Waals surface area contributed by atoms with Gasteiger partial charge >= 0.3 is 6.09 Å². The van der Waals surface area contributed by atoms with Crippen molar-refractivity contribution in [2.24, 2.45) is 5.41 Å². The van der Waals surface area contributed by atoms with Crippen LogP contribution in [-0.2, 0) is 12.8 Å². The van der Waals surface area contributed by atoms with E-state index in [1.165, 1.54) is 29.9 Å². The number of hydrogen-bond acceptors (Lipinski definition) is 3. The number of fused-ring (bicyclic) bond motifs is 3. The van der Waals surface area contributed by atoms with Crippen molar-refractivity contribution in [1.82, 2.24) is 14.9 Å². The van der Waals surface area contributed by atoms with Crippen molar-refractivity contribution in [3.8, 4) is 0 Å². The van der Waals surface area contributed by atoms with Crippen molar-refractivity contribution in [3.05, 3.63) is 58.9 Å². The number of halogens is 2. The number of rotatable bonds is 4. The van der Waals surface area contributed by atoms with Gasteiger partial charge in [-0.1, -0.05) is 13.0 Å². The number of nitrogens with one attached hydrogen (secondary N) is 1. The number of hydrogen-bond donors (Lipinski definition) is 2.